The van der Waals surface area contributed by atoms with Crippen molar-refractivity contribution in [3.63, 3.8) is 0 Å². The summed E-state index contributed by atoms with van der Waals surface area (Å²) >= 11 is 0. The Morgan fingerprint density at radius 3 is 2.80 bits per heavy atom. The number of hydrogen-bond acceptors (Lipinski definition) is 2. The molecular weight excluding hydrogens is 184 g/mol. The fourth-order valence-corrected chi connectivity index (χ4v) is 2.54. The van der Waals surface area contributed by atoms with Gasteiger partial charge in [-0.25, -0.2) is 0 Å². The van der Waals surface area contributed by atoms with Gasteiger partial charge < -0.3 is 5.32 Å². The van der Waals surface area contributed by atoms with E-state index in [0.717, 1.165) is 18.4 Å². The van der Waals surface area contributed by atoms with E-state index in [2.05, 4.69) is 25.2 Å². The van der Waals surface area contributed by atoms with Crippen molar-refractivity contribution in [3.8, 4) is 6.07 Å². The molecule has 0 spiro atoms. The summed E-state index contributed by atoms with van der Waals surface area (Å²) in [7, 11) is 0. The topological polar surface area (TPSA) is 35.8 Å². The summed E-state index contributed by atoms with van der Waals surface area (Å²) in [6, 6.07) is 2.57. The van der Waals surface area contributed by atoms with Gasteiger partial charge in [0.15, 0.2) is 0 Å². The molecule has 0 aromatic rings. The molecule has 1 aliphatic carbocycles. The molecule has 0 aromatic heterocycles. The highest BCUT2D eigenvalue weighted by Crippen LogP contribution is 2.30. The van der Waals surface area contributed by atoms with Gasteiger partial charge in [-0.3, -0.25) is 0 Å². The number of nitrogens with one attached hydrogen (secondary N) is 1. The highest BCUT2D eigenvalue weighted by molar-refractivity contribution is 4.80. The van der Waals surface area contributed by atoms with Gasteiger partial charge in [0.1, 0.15) is 0 Å². The highest BCUT2D eigenvalue weighted by Gasteiger charge is 2.20. The highest BCUT2D eigenvalue weighted by atomic mass is 14.9. The Hall–Kier alpha value is -0.550. The zero-order valence-corrected chi connectivity index (χ0v) is 10.1. The fraction of sp³-hybridized carbons (Fsp3) is 0.923. The third kappa shape index (κ3) is 4.66. The minimum absolute atomic E-state index is 0.358. The van der Waals surface area contributed by atoms with Crippen molar-refractivity contribution in [1.29, 1.82) is 5.26 Å². The fourth-order valence-electron chi connectivity index (χ4n) is 2.54. The molecule has 2 heteroatoms. The van der Waals surface area contributed by atoms with Gasteiger partial charge in [-0.1, -0.05) is 26.2 Å². The number of nitriles is 1. The van der Waals surface area contributed by atoms with Crippen LogP contribution in [0.25, 0.3) is 0 Å². The van der Waals surface area contributed by atoms with Gasteiger partial charge in [0.25, 0.3) is 0 Å². The van der Waals surface area contributed by atoms with Gasteiger partial charge in [-0.05, 0) is 38.1 Å². The molecule has 1 N–H and O–H groups in total. The first kappa shape index (κ1) is 12.5. The van der Waals surface area contributed by atoms with Gasteiger partial charge >= 0.3 is 0 Å². The molecule has 0 amide bonds. The minimum atomic E-state index is 0.358. The van der Waals surface area contributed by atoms with E-state index in [1.54, 1.807) is 0 Å². The second-order valence-electron chi connectivity index (χ2n) is 4.98. The molecule has 3 atom stereocenters. The van der Waals surface area contributed by atoms with Crippen molar-refractivity contribution in [2.75, 3.05) is 6.54 Å². The summed E-state index contributed by atoms with van der Waals surface area (Å²) in [5.41, 5.74) is 0. The minimum Gasteiger partial charge on any atom is -0.313 e. The first-order valence-corrected chi connectivity index (χ1v) is 6.36. The van der Waals surface area contributed by atoms with Gasteiger partial charge in [0.2, 0.25) is 0 Å². The molecule has 0 saturated heterocycles. The van der Waals surface area contributed by atoms with E-state index in [4.69, 9.17) is 5.26 Å². The van der Waals surface area contributed by atoms with Crippen LogP contribution in [0.1, 0.15) is 52.4 Å². The number of hydrogen-bond donors (Lipinski definition) is 1. The van der Waals surface area contributed by atoms with E-state index in [9.17, 15) is 0 Å². The number of nitrogens with zero attached hydrogens (tertiary/aromatic N) is 1. The molecule has 3 unspecified atom stereocenters. The lowest BCUT2D eigenvalue weighted by atomic mass is 9.80. The molecule has 1 rings (SSSR count). The second-order valence-corrected chi connectivity index (χ2v) is 4.98. The molecule has 15 heavy (non-hydrogen) atoms. The van der Waals surface area contributed by atoms with E-state index in [1.807, 2.05) is 0 Å². The Kier molecular flexibility index (Phi) is 5.71. The van der Waals surface area contributed by atoms with Crippen LogP contribution in [-0.2, 0) is 0 Å². The van der Waals surface area contributed by atoms with Crippen molar-refractivity contribution >= 4 is 0 Å². The quantitative estimate of drug-likeness (QED) is 0.753. The predicted octanol–water partition coefficient (Wildman–Crippen LogP) is 3.09. The average molecular weight is 208 g/mol. The Balaban J connectivity index is 2.18. The summed E-state index contributed by atoms with van der Waals surface area (Å²) in [6.07, 6.45) is 7.57. The maximum Gasteiger partial charge on any atom is 0.0638 e. The maximum atomic E-state index is 8.56. The van der Waals surface area contributed by atoms with E-state index >= 15 is 0 Å². The molecule has 1 saturated carbocycles. The maximum absolute atomic E-state index is 8.56. The van der Waals surface area contributed by atoms with Crippen LogP contribution in [-0.4, -0.2) is 12.6 Å². The lowest BCUT2D eigenvalue weighted by Gasteiger charge is -2.29. The van der Waals surface area contributed by atoms with E-state index in [-0.39, 0.29) is 0 Å². The van der Waals surface area contributed by atoms with Crippen LogP contribution >= 0.6 is 0 Å². The summed E-state index contributed by atoms with van der Waals surface area (Å²) in [5.74, 6) is 1.81. The second kappa shape index (κ2) is 6.85. The van der Waals surface area contributed by atoms with Gasteiger partial charge in [-0.2, -0.15) is 5.26 Å². The molecule has 0 heterocycles. The van der Waals surface area contributed by atoms with Gasteiger partial charge in [0, 0.05) is 6.04 Å². The first-order chi connectivity index (χ1) is 7.26. The van der Waals surface area contributed by atoms with Gasteiger partial charge in [0.05, 0.1) is 12.5 Å². The monoisotopic (exact) mass is 208 g/mol. The summed E-state index contributed by atoms with van der Waals surface area (Å²) in [5, 5.41) is 12.0. The van der Waals surface area contributed by atoms with Crippen molar-refractivity contribution in [1.82, 2.24) is 5.32 Å². The van der Waals surface area contributed by atoms with Crippen molar-refractivity contribution in [2.24, 2.45) is 11.8 Å². The van der Waals surface area contributed by atoms with Crippen LogP contribution in [0.2, 0.25) is 0 Å². The molecule has 1 aliphatic rings. The Morgan fingerprint density at radius 1 is 1.40 bits per heavy atom. The van der Waals surface area contributed by atoms with Gasteiger partial charge in [-0.15, -0.1) is 0 Å². The van der Waals surface area contributed by atoms with Crippen LogP contribution in [0.5, 0.6) is 0 Å². The van der Waals surface area contributed by atoms with Crippen LogP contribution in [0.15, 0.2) is 0 Å². The lowest BCUT2D eigenvalue weighted by molar-refractivity contribution is 0.249. The van der Waals surface area contributed by atoms with Crippen LogP contribution in [0.4, 0.5) is 0 Å². The predicted molar refractivity (Wildman–Crippen MR) is 63.4 cm³/mol. The summed E-state index contributed by atoms with van der Waals surface area (Å²) < 4.78 is 0. The Bertz CT molecular complexity index is 207. The van der Waals surface area contributed by atoms with Crippen molar-refractivity contribution in [2.45, 2.75) is 58.4 Å². The lowest BCUT2D eigenvalue weighted by Crippen LogP contribution is -2.33. The largest absolute Gasteiger partial charge is 0.313 e. The third-order valence-corrected chi connectivity index (χ3v) is 3.62. The smallest absolute Gasteiger partial charge is 0.0638 e. The normalized spacial score (nSPS) is 28.3. The van der Waals surface area contributed by atoms with Crippen LogP contribution in [0, 0.1) is 23.2 Å². The Labute approximate surface area is 94.1 Å². The summed E-state index contributed by atoms with van der Waals surface area (Å²) in [6.45, 7) is 5.52. The molecule has 0 bridgehead atoms. The molecule has 0 radical (unpaired) electrons. The molecule has 0 aromatic carbocycles. The Morgan fingerprint density at radius 2 is 2.13 bits per heavy atom. The number of rotatable bonds is 5. The van der Waals surface area contributed by atoms with E-state index in [1.165, 1.54) is 32.1 Å². The van der Waals surface area contributed by atoms with Crippen LogP contribution in [0.3, 0.4) is 0 Å². The molecule has 1 fully saturated rings. The zero-order valence-electron chi connectivity index (χ0n) is 10.1. The molecule has 2 nitrogen and oxygen atoms in total. The third-order valence-electron chi connectivity index (χ3n) is 3.62. The molecule has 86 valence electrons. The standard InChI is InChI=1S/C13H24N2/c1-3-12-5-4-6-13(9-12)10-15-11(2)7-8-14/h11-13,15H,3-7,9-10H2,1-2H3. The van der Waals surface area contributed by atoms with Crippen molar-refractivity contribution in [3.05, 3.63) is 0 Å². The van der Waals surface area contributed by atoms with E-state index in [0.29, 0.717) is 12.5 Å². The SMILES string of the molecule is CCC1CCCC(CNC(C)CC#N)C1. The molecule has 0 aliphatic heterocycles. The summed E-state index contributed by atoms with van der Waals surface area (Å²) in [4.78, 5) is 0. The average Bonchev–Trinajstić information content (AvgIpc) is 2.27. The van der Waals surface area contributed by atoms with Crippen LogP contribution < -0.4 is 5.32 Å². The van der Waals surface area contributed by atoms with Crippen molar-refractivity contribution < 1.29 is 0 Å². The van der Waals surface area contributed by atoms with E-state index < -0.39 is 0 Å². The molecular formula is C13H24N2. The zero-order chi connectivity index (χ0) is 11.1. The first-order valence-electron chi connectivity index (χ1n) is 6.36.